The van der Waals surface area contributed by atoms with E-state index in [0.29, 0.717) is 0 Å². The summed E-state index contributed by atoms with van der Waals surface area (Å²) < 4.78 is 5.08. The average Bonchev–Trinajstić information content (AvgIpc) is 3.09. The van der Waals surface area contributed by atoms with Crippen molar-refractivity contribution in [3.63, 3.8) is 0 Å². The standard InChI is InChI=1S/C14H19NO3/c1-13(8-9-13)14(2,12(16)17)15-10-4-6-11(18-3)7-5-10/h4-7,15H,8-9H2,1-3H3,(H,16,17). The minimum absolute atomic E-state index is 0.168. The van der Waals surface area contributed by atoms with Crippen molar-refractivity contribution >= 4 is 11.7 Å². The molecule has 1 aromatic carbocycles. The van der Waals surface area contributed by atoms with Crippen LogP contribution in [0.2, 0.25) is 0 Å². The number of carbonyl (C=O) groups is 1. The number of nitrogens with one attached hydrogen (secondary N) is 1. The number of carboxylic acids is 1. The molecule has 0 bridgehead atoms. The van der Waals surface area contributed by atoms with Crippen LogP contribution in [0.1, 0.15) is 26.7 Å². The van der Waals surface area contributed by atoms with E-state index in [0.717, 1.165) is 24.3 Å². The summed E-state index contributed by atoms with van der Waals surface area (Å²) in [6.45, 7) is 3.77. The van der Waals surface area contributed by atoms with Crippen LogP contribution in [0.25, 0.3) is 0 Å². The van der Waals surface area contributed by atoms with E-state index in [9.17, 15) is 9.90 Å². The van der Waals surface area contributed by atoms with Crippen LogP contribution < -0.4 is 10.1 Å². The number of hydrogen-bond acceptors (Lipinski definition) is 3. The van der Waals surface area contributed by atoms with Gasteiger partial charge in [0.15, 0.2) is 0 Å². The summed E-state index contributed by atoms with van der Waals surface area (Å²) in [5, 5.41) is 12.6. The van der Waals surface area contributed by atoms with Gasteiger partial charge in [-0.3, -0.25) is 0 Å². The number of anilines is 1. The second-order valence-corrected chi connectivity index (χ2v) is 5.34. The summed E-state index contributed by atoms with van der Waals surface area (Å²) >= 11 is 0. The highest BCUT2D eigenvalue weighted by atomic mass is 16.5. The normalized spacial score (nSPS) is 19.7. The fourth-order valence-corrected chi connectivity index (χ4v) is 2.11. The van der Waals surface area contributed by atoms with Crippen molar-refractivity contribution in [3.05, 3.63) is 24.3 Å². The Balaban J connectivity index is 2.21. The van der Waals surface area contributed by atoms with Gasteiger partial charge in [-0.15, -0.1) is 0 Å². The summed E-state index contributed by atoms with van der Waals surface area (Å²) in [6.07, 6.45) is 1.89. The van der Waals surface area contributed by atoms with Gasteiger partial charge in [0.2, 0.25) is 0 Å². The molecule has 1 atom stereocenters. The Morgan fingerprint density at radius 1 is 1.39 bits per heavy atom. The number of methoxy groups -OCH3 is 1. The highest BCUT2D eigenvalue weighted by Gasteiger charge is 2.57. The largest absolute Gasteiger partial charge is 0.497 e. The Bertz CT molecular complexity index is 451. The van der Waals surface area contributed by atoms with E-state index in [4.69, 9.17) is 4.74 Å². The zero-order chi connectivity index (χ0) is 13.4. The maximum Gasteiger partial charge on any atom is 0.329 e. The van der Waals surface area contributed by atoms with E-state index in [1.807, 2.05) is 31.2 Å². The zero-order valence-electron chi connectivity index (χ0n) is 11.0. The first-order valence-corrected chi connectivity index (χ1v) is 6.07. The van der Waals surface area contributed by atoms with Crippen molar-refractivity contribution in [2.24, 2.45) is 5.41 Å². The van der Waals surface area contributed by atoms with Crippen molar-refractivity contribution in [2.45, 2.75) is 32.2 Å². The molecule has 0 amide bonds. The Labute approximate surface area is 107 Å². The van der Waals surface area contributed by atoms with Crippen LogP contribution in [0.5, 0.6) is 5.75 Å². The van der Waals surface area contributed by atoms with Gasteiger partial charge in [-0.2, -0.15) is 0 Å². The number of ether oxygens (including phenoxy) is 1. The van der Waals surface area contributed by atoms with Crippen LogP contribution in [0.4, 0.5) is 5.69 Å². The van der Waals surface area contributed by atoms with Gasteiger partial charge in [0.05, 0.1) is 7.11 Å². The van der Waals surface area contributed by atoms with Gasteiger partial charge in [-0.1, -0.05) is 6.92 Å². The third kappa shape index (κ3) is 2.03. The minimum atomic E-state index is -0.929. The summed E-state index contributed by atoms with van der Waals surface area (Å²) in [6, 6.07) is 7.32. The van der Waals surface area contributed by atoms with E-state index in [2.05, 4.69) is 5.32 Å². The Morgan fingerprint density at radius 3 is 2.33 bits per heavy atom. The number of carboxylic acid groups (broad SMARTS) is 1. The first-order valence-electron chi connectivity index (χ1n) is 6.07. The lowest BCUT2D eigenvalue weighted by Crippen LogP contribution is -2.50. The highest BCUT2D eigenvalue weighted by molar-refractivity contribution is 5.84. The van der Waals surface area contributed by atoms with Gasteiger partial charge in [-0.05, 0) is 44.0 Å². The molecule has 0 spiro atoms. The van der Waals surface area contributed by atoms with Gasteiger partial charge in [-0.25, -0.2) is 4.79 Å². The molecule has 0 radical (unpaired) electrons. The topological polar surface area (TPSA) is 58.6 Å². The zero-order valence-corrected chi connectivity index (χ0v) is 11.0. The molecule has 1 aliphatic carbocycles. The molecule has 18 heavy (non-hydrogen) atoms. The maximum absolute atomic E-state index is 11.5. The van der Waals surface area contributed by atoms with Gasteiger partial charge in [0.1, 0.15) is 11.3 Å². The molecule has 1 fully saturated rings. The summed E-state index contributed by atoms with van der Waals surface area (Å²) in [7, 11) is 1.61. The fourth-order valence-electron chi connectivity index (χ4n) is 2.11. The Hall–Kier alpha value is -1.71. The van der Waals surface area contributed by atoms with E-state index in [1.54, 1.807) is 14.0 Å². The minimum Gasteiger partial charge on any atom is -0.497 e. The lowest BCUT2D eigenvalue weighted by molar-refractivity contribution is -0.144. The molecule has 0 heterocycles. The molecule has 2 rings (SSSR count). The van der Waals surface area contributed by atoms with E-state index >= 15 is 0 Å². The molecule has 0 saturated heterocycles. The Morgan fingerprint density at radius 2 is 1.94 bits per heavy atom. The van der Waals surface area contributed by atoms with E-state index < -0.39 is 11.5 Å². The van der Waals surface area contributed by atoms with Crippen LogP contribution in [-0.4, -0.2) is 23.7 Å². The van der Waals surface area contributed by atoms with Crippen LogP contribution in [-0.2, 0) is 4.79 Å². The number of aliphatic carboxylic acids is 1. The van der Waals surface area contributed by atoms with Gasteiger partial charge < -0.3 is 15.2 Å². The number of rotatable bonds is 5. The molecule has 2 N–H and O–H groups in total. The smallest absolute Gasteiger partial charge is 0.329 e. The van der Waals surface area contributed by atoms with Crippen molar-refractivity contribution in [1.29, 1.82) is 0 Å². The molecule has 1 saturated carbocycles. The van der Waals surface area contributed by atoms with Crippen LogP contribution >= 0.6 is 0 Å². The molecule has 4 heteroatoms. The summed E-state index contributed by atoms with van der Waals surface area (Å²) in [5.74, 6) is -0.0477. The molecule has 1 aliphatic rings. The van der Waals surface area contributed by atoms with Crippen molar-refractivity contribution in [2.75, 3.05) is 12.4 Å². The molecular weight excluding hydrogens is 230 g/mol. The highest BCUT2D eigenvalue weighted by Crippen LogP contribution is 2.54. The molecular formula is C14H19NO3. The lowest BCUT2D eigenvalue weighted by atomic mass is 9.83. The van der Waals surface area contributed by atoms with Gasteiger partial charge >= 0.3 is 5.97 Å². The average molecular weight is 249 g/mol. The van der Waals surface area contributed by atoms with Gasteiger partial charge in [0.25, 0.3) is 0 Å². The van der Waals surface area contributed by atoms with E-state index in [1.165, 1.54) is 0 Å². The third-order valence-corrected chi connectivity index (χ3v) is 4.12. The SMILES string of the molecule is COc1ccc(NC(C)(C(=O)O)C2(C)CC2)cc1. The maximum atomic E-state index is 11.5. The van der Waals surface area contributed by atoms with Crippen LogP contribution in [0.15, 0.2) is 24.3 Å². The Kier molecular flexibility index (Phi) is 2.97. The predicted octanol–water partition coefficient (Wildman–Crippen LogP) is 2.75. The third-order valence-electron chi connectivity index (χ3n) is 4.12. The monoisotopic (exact) mass is 249 g/mol. The first kappa shape index (κ1) is 12.7. The van der Waals surface area contributed by atoms with E-state index in [-0.39, 0.29) is 5.41 Å². The second kappa shape index (κ2) is 4.19. The molecule has 0 aliphatic heterocycles. The van der Waals surface area contributed by atoms with Gasteiger partial charge in [0, 0.05) is 11.1 Å². The molecule has 98 valence electrons. The van der Waals surface area contributed by atoms with Crippen LogP contribution in [0.3, 0.4) is 0 Å². The van der Waals surface area contributed by atoms with Crippen molar-refractivity contribution < 1.29 is 14.6 Å². The molecule has 0 aromatic heterocycles. The van der Waals surface area contributed by atoms with Crippen molar-refractivity contribution in [1.82, 2.24) is 0 Å². The predicted molar refractivity (Wildman–Crippen MR) is 70.0 cm³/mol. The number of benzene rings is 1. The molecule has 1 unspecified atom stereocenters. The quantitative estimate of drug-likeness (QED) is 0.842. The number of hydrogen-bond donors (Lipinski definition) is 2. The fraction of sp³-hybridized carbons (Fsp3) is 0.500. The first-order chi connectivity index (χ1) is 8.41. The van der Waals surface area contributed by atoms with Crippen LogP contribution in [0, 0.1) is 5.41 Å². The second-order valence-electron chi connectivity index (χ2n) is 5.34. The summed E-state index contributed by atoms with van der Waals surface area (Å²) in [5.41, 5.74) is -0.297. The summed E-state index contributed by atoms with van der Waals surface area (Å²) in [4.78, 5) is 11.5. The molecule has 1 aromatic rings. The lowest BCUT2D eigenvalue weighted by Gasteiger charge is -2.33. The molecule has 4 nitrogen and oxygen atoms in total. The van der Waals surface area contributed by atoms with Crippen molar-refractivity contribution in [3.8, 4) is 5.75 Å².